The van der Waals surface area contributed by atoms with Crippen molar-refractivity contribution in [1.29, 1.82) is 0 Å². The molecule has 0 unspecified atom stereocenters. The van der Waals surface area contributed by atoms with Crippen molar-refractivity contribution in [2.75, 3.05) is 20.2 Å². The predicted molar refractivity (Wildman–Crippen MR) is 107 cm³/mol. The Morgan fingerprint density at radius 1 is 1.14 bits per heavy atom. The third-order valence-corrected chi connectivity index (χ3v) is 5.89. The van der Waals surface area contributed by atoms with Crippen LogP contribution in [0.3, 0.4) is 0 Å². The number of methoxy groups -OCH3 is 1. The lowest BCUT2D eigenvalue weighted by atomic mass is 9.96. The molecule has 2 aliphatic rings. The van der Waals surface area contributed by atoms with Gasteiger partial charge in [-0.05, 0) is 31.6 Å². The van der Waals surface area contributed by atoms with Gasteiger partial charge >= 0.3 is 0 Å². The van der Waals surface area contributed by atoms with Crippen molar-refractivity contribution in [3.05, 3.63) is 56.6 Å². The molecule has 2 aromatic heterocycles. The number of nitrogens with zero attached hydrogens (tertiary/aromatic N) is 4. The van der Waals surface area contributed by atoms with Crippen molar-refractivity contribution in [1.82, 2.24) is 19.0 Å². The molecule has 1 amide bonds. The monoisotopic (exact) mass is 398 g/mol. The molecule has 2 fully saturated rings. The SMILES string of the molecule is COc1cc(=O)n(C)cc1C(=O)N1CCC(Cn2cnc(C3CC3)cc2=O)CC1. The molecule has 0 bridgehead atoms. The van der Waals surface area contributed by atoms with E-state index in [-0.39, 0.29) is 17.0 Å². The van der Waals surface area contributed by atoms with Crippen molar-refractivity contribution in [3.63, 3.8) is 0 Å². The Balaban J connectivity index is 1.39. The van der Waals surface area contributed by atoms with Crippen LogP contribution in [-0.4, -0.2) is 45.1 Å². The maximum Gasteiger partial charge on any atom is 0.259 e. The molecule has 1 aliphatic heterocycles. The largest absolute Gasteiger partial charge is 0.496 e. The summed E-state index contributed by atoms with van der Waals surface area (Å²) in [5.41, 5.74) is 1.10. The van der Waals surface area contributed by atoms with Crippen LogP contribution in [0.1, 0.15) is 47.7 Å². The quantitative estimate of drug-likeness (QED) is 0.760. The molecule has 0 spiro atoms. The number of piperidine rings is 1. The highest BCUT2D eigenvalue weighted by molar-refractivity contribution is 5.96. The average Bonchev–Trinajstić information content (AvgIpc) is 3.56. The summed E-state index contributed by atoms with van der Waals surface area (Å²) in [5.74, 6) is 0.963. The highest BCUT2D eigenvalue weighted by Crippen LogP contribution is 2.38. The van der Waals surface area contributed by atoms with Gasteiger partial charge in [-0.1, -0.05) is 0 Å². The third kappa shape index (κ3) is 4.11. The number of amides is 1. The normalized spacial score (nSPS) is 17.4. The van der Waals surface area contributed by atoms with E-state index in [1.165, 1.54) is 23.9 Å². The summed E-state index contributed by atoms with van der Waals surface area (Å²) in [7, 11) is 3.07. The number of aryl methyl sites for hydroxylation is 1. The smallest absolute Gasteiger partial charge is 0.259 e. The highest BCUT2D eigenvalue weighted by Gasteiger charge is 2.28. The van der Waals surface area contributed by atoms with Crippen LogP contribution in [0.5, 0.6) is 5.75 Å². The molecule has 8 heteroatoms. The van der Waals surface area contributed by atoms with E-state index in [1.54, 1.807) is 28.9 Å². The van der Waals surface area contributed by atoms with Crippen molar-refractivity contribution in [3.8, 4) is 5.75 Å². The Morgan fingerprint density at radius 2 is 1.86 bits per heavy atom. The fourth-order valence-corrected chi connectivity index (χ4v) is 3.89. The lowest BCUT2D eigenvalue weighted by molar-refractivity contribution is 0.0678. The van der Waals surface area contributed by atoms with E-state index in [9.17, 15) is 14.4 Å². The second kappa shape index (κ2) is 7.85. The van der Waals surface area contributed by atoms with E-state index in [4.69, 9.17) is 4.74 Å². The number of hydrogen-bond donors (Lipinski definition) is 0. The molecule has 0 radical (unpaired) electrons. The van der Waals surface area contributed by atoms with Gasteiger partial charge in [0.15, 0.2) is 0 Å². The number of likely N-dealkylation sites (tertiary alicyclic amines) is 1. The molecular formula is C21H26N4O4. The van der Waals surface area contributed by atoms with E-state index in [1.807, 2.05) is 0 Å². The van der Waals surface area contributed by atoms with Gasteiger partial charge in [0, 0.05) is 50.9 Å². The minimum atomic E-state index is -0.219. The molecule has 0 N–H and O–H groups in total. The Kier molecular flexibility index (Phi) is 5.25. The van der Waals surface area contributed by atoms with E-state index in [2.05, 4.69) is 4.98 Å². The van der Waals surface area contributed by atoms with Gasteiger partial charge in [0.2, 0.25) is 0 Å². The van der Waals surface area contributed by atoms with Gasteiger partial charge in [0.25, 0.3) is 17.0 Å². The number of aromatic nitrogens is 3. The summed E-state index contributed by atoms with van der Waals surface area (Å²) in [6.45, 7) is 1.84. The fraction of sp³-hybridized carbons (Fsp3) is 0.524. The maximum absolute atomic E-state index is 12.9. The molecule has 154 valence electrons. The first kappa shape index (κ1) is 19.4. The number of pyridine rings is 1. The van der Waals surface area contributed by atoms with Crippen molar-refractivity contribution in [2.45, 2.75) is 38.1 Å². The van der Waals surface area contributed by atoms with Gasteiger partial charge in [-0.2, -0.15) is 0 Å². The van der Waals surface area contributed by atoms with Gasteiger partial charge in [0.05, 0.1) is 24.7 Å². The van der Waals surface area contributed by atoms with Crippen LogP contribution in [0.15, 0.2) is 34.2 Å². The zero-order chi connectivity index (χ0) is 20.5. The van der Waals surface area contributed by atoms with Gasteiger partial charge < -0.3 is 14.2 Å². The van der Waals surface area contributed by atoms with Crippen molar-refractivity contribution < 1.29 is 9.53 Å². The second-order valence-electron chi connectivity index (χ2n) is 8.02. The lowest BCUT2D eigenvalue weighted by Gasteiger charge is -2.32. The zero-order valence-electron chi connectivity index (χ0n) is 16.8. The first-order chi connectivity index (χ1) is 14.0. The molecule has 8 nitrogen and oxygen atoms in total. The molecule has 3 heterocycles. The van der Waals surface area contributed by atoms with Crippen LogP contribution < -0.4 is 15.9 Å². The van der Waals surface area contributed by atoms with Gasteiger partial charge in [-0.25, -0.2) is 4.98 Å². The number of carbonyl (C=O) groups excluding carboxylic acids is 1. The maximum atomic E-state index is 12.9. The Hall–Kier alpha value is -2.90. The summed E-state index contributed by atoms with van der Waals surface area (Å²) < 4.78 is 8.30. The summed E-state index contributed by atoms with van der Waals surface area (Å²) in [5, 5.41) is 0. The molecular weight excluding hydrogens is 372 g/mol. The van der Waals surface area contributed by atoms with Gasteiger partial charge in [-0.3, -0.25) is 19.0 Å². The lowest BCUT2D eigenvalue weighted by Crippen LogP contribution is -2.40. The Labute approximate surface area is 168 Å². The standard InChI is InChI=1S/C21H26N4O4/c1-23-12-16(18(29-2)10-19(23)26)21(28)24-7-5-14(6-8-24)11-25-13-22-17(9-20(25)27)15-3-4-15/h9-10,12-15H,3-8,11H2,1-2H3. The van der Waals surface area contributed by atoms with Crippen LogP contribution >= 0.6 is 0 Å². The van der Waals surface area contributed by atoms with Gasteiger partial charge in [0.1, 0.15) is 5.75 Å². The first-order valence-electron chi connectivity index (χ1n) is 10.1. The number of rotatable bonds is 5. The van der Waals surface area contributed by atoms with Gasteiger partial charge in [-0.15, -0.1) is 0 Å². The molecule has 1 aliphatic carbocycles. The number of carbonyl (C=O) groups is 1. The van der Waals surface area contributed by atoms with Crippen molar-refractivity contribution in [2.24, 2.45) is 13.0 Å². The summed E-state index contributed by atoms with van der Waals surface area (Å²) in [6, 6.07) is 3.01. The number of hydrogen-bond acceptors (Lipinski definition) is 5. The fourth-order valence-electron chi connectivity index (χ4n) is 3.89. The van der Waals surface area contributed by atoms with E-state index >= 15 is 0 Å². The predicted octanol–water partition coefficient (Wildman–Crippen LogP) is 1.38. The van der Waals surface area contributed by atoms with Crippen LogP contribution in [0.2, 0.25) is 0 Å². The topological polar surface area (TPSA) is 86.4 Å². The molecule has 2 aromatic rings. The molecule has 0 atom stereocenters. The summed E-state index contributed by atoms with van der Waals surface area (Å²) in [4.78, 5) is 43.3. The molecule has 1 saturated carbocycles. The van der Waals surface area contributed by atoms with E-state index in [0.29, 0.717) is 42.8 Å². The zero-order valence-corrected chi connectivity index (χ0v) is 16.8. The van der Waals surface area contributed by atoms with Crippen LogP contribution in [-0.2, 0) is 13.6 Å². The molecule has 1 saturated heterocycles. The minimum absolute atomic E-state index is 0.00958. The first-order valence-corrected chi connectivity index (χ1v) is 10.1. The number of ether oxygens (including phenoxy) is 1. The Morgan fingerprint density at radius 3 is 2.48 bits per heavy atom. The van der Waals surface area contributed by atoms with Crippen molar-refractivity contribution >= 4 is 5.91 Å². The van der Waals surface area contributed by atoms with E-state index in [0.717, 1.165) is 31.4 Å². The molecule has 29 heavy (non-hydrogen) atoms. The molecule has 0 aromatic carbocycles. The minimum Gasteiger partial charge on any atom is -0.496 e. The summed E-state index contributed by atoms with van der Waals surface area (Å²) in [6.07, 6.45) is 7.09. The highest BCUT2D eigenvalue weighted by atomic mass is 16.5. The summed E-state index contributed by atoms with van der Waals surface area (Å²) >= 11 is 0. The second-order valence-corrected chi connectivity index (χ2v) is 8.02. The van der Waals surface area contributed by atoms with Crippen LogP contribution in [0.25, 0.3) is 0 Å². The Bertz CT molecular complexity index is 1030. The van der Waals surface area contributed by atoms with Crippen LogP contribution in [0.4, 0.5) is 0 Å². The average molecular weight is 398 g/mol. The molecule has 4 rings (SSSR count). The van der Waals surface area contributed by atoms with E-state index < -0.39 is 0 Å². The van der Waals surface area contributed by atoms with Crippen LogP contribution in [0, 0.1) is 5.92 Å². The third-order valence-electron chi connectivity index (χ3n) is 5.89.